The van der Waals surface area contributed by atoms with Crippen LogP contribution in [0.4, 0.5) is 4.39 Å². The Balaban J connectivity index is 2.22. The second-order valence-corrected chi connectivity index (χ2v) is 4.01. The molecule has 1 aromatic heterocycles. The third-order valence-corrected chi connectivity index (χ3v) is 2.91. The fourth-order valence-electron chi connectivity index (χ4n) is 1.70. The van der Waals surface area contributed by atoms with Crippen molar-refractivity contribution in [3.05, 3.63) is 58.8 Å². The van der Waals surface area contributed by atoms with Crippen molar-refractivity contribution in [1.82, 2.24) is 5.43 Å². The summed E-state index contributed by atoms with van der Waals surface area (Å²) in [5, 5.41) is 0.268. The van der Waals surface area contributed by atoms with Gasteiger partial charge in [-0.15, -0.1) is 0 Å². The van der Waals surface area contributed by atoms with Crippen molar-refractivity contribution >= 4 is 11.6 Å². The van der Waals surface area contributed by atoms with Gasteiger partial charge in [0.1, 0.15) is 5.82 Å². The van der Waals surface area contributed by atoms with Gasteiger partial charge in [-0.3, -0.25) is 11.3 Å². The molecule has 0 aliphatic carbocycles. The zero-order chi connectivity index (χ0) is 12.3. The molecule has 0 saturated carbocycles. The molecule has 0 bridgehead atoms. The van der Waals surface area contributed by atoms with Crippen LogP contribution in [0.5, 0.6) is 0 Å². The second kappa shape index (κ2) is 5.31. The molecule has 0 aliphatic rings. The van der Waals surface area contributed by atoms with E-state index in [9.17, 15) is 4.39 Å². The highest BCUT2D eigenvalue weighted by Crippen LogP contribution is 2.26. The van der Waals surface area contributed by atoms with Crippen LogP contribution in [0.3, 0.4) is 0 Å². The van der Waals surface area contributed by atoms with Crippen molar-refractivity contribution in [3.63, 3.8) is 0 Å². The van der Waals surface area contributed by atoms with E-state index < -0.39 is 0 Å². The van der Waals surface area contributed by atoms with Crippen LogP contribution in [-0.2, 0) is 6.42 Å². The predicted molar refractivity (Wildman–Crippen MR) is 63.9 cm³/mol. The van der Waals surface area contributed by atoms with Gasteiger partial charge < -0.3 is 4.42 Å². The summed E-state index contributed by atoms with van der Waals surface area (Å²) in [4.78, 5) is 0. The van der Waals surface area contributed by atoms with E-state index in [1.54, 1.807) is 24.3 Å². The van der Waals surface area contributed by atoms with Gasteiger partial charge in [-0.2, -0.15) is 0 Å². The third kappa shape index (κ3) is 2.66. The minimum absolute atomic E-state index is 0.257. The van der Waals surface area contributed by atoms with Crippen LogP contribution >= 0.6 is 11.6 Å². The Morgan fingerprint density at radius 3 is 2.71 bits per heavy atom. The fraction of sp³-hybridized carbons (Fsp3) is 0.167. The standard InChI is InChI=1S/C12H12ClFN2O/c13-12-9(5-6-17-12)11(16-15)7-8-3-1-2-4-10(8)14/h1-6,11,16H,7,15H2. The molecule has 5 heteroatoms. The maximum Gasteiger partial charge on any atom is 0.197 e. The SMILES string of the molecule is NNC(Cc1ccccc1F)c1ccoc1Cl. The number of halogens is 2. The van der Waals surface area contributed by atoms with Crippen molar-refractivity contribution in [2.45, 2.75) is 12.5 Å². The quantitative estimate of drug-likeness (QED) is 0.652. The highest BCUT2D eigenvalue weighted by molar-refractivity contribution is 6.29. The Labute approximate surface area is 103 Å². The molecule has 90 valence electrons. The van der Waals surface area contributed by atoms with E-state index in [0.717, 1.165) is 5.56 Å². The molecule has 1 aromatic carbocycles. The molecule has 0 aliphatic heterocycles. The van der Waals surface area contributed by atoms with E-state index >= 15 is 0 Å². The number of nitrogens with two attached hydrogens (primary N) is 1. The van der Waals surface area contributed by atoms with Crippen LogP contribution in [0, 0.1) is 5.82 Å². The molecule has 3 N–H and O–H groups in total. The van der Waals surface area contributed by atoms with Gasteiger partial charge in [-0.1, -0.05) is 18.2 Å². The lowest BCUT2D eigenvalue weighted by atomic mass is 10.0. The highest BCUT2D eigenvalue weighted by Gasteiger charge is 2.17. The van der Waals surface area contributed by atoms with Crippen LogP contribution in [0.15, 0.2) is 41.0 Å². The van der Waals surface area contributed by atoms with Crippen LogP contribution in [0.25, 0.3) is 0 Å². The maximum absolute atomic E-state index is 13.5. The number of hydrogen-bond donors (Lipinski definition) is 2. The first-order valence-electron chi connectivity index (χ1n) is 5.14. The lowest BCUT2D eigenvalue weighted by Crippen LogP contribution is -2.29. The van der Waals surface area contributed by atoms with E-state index in [4.69, 9.17) is 21.9 Å². The molecule has 1 unspecified atom stereocenters. The molecule has 2 aromatic rings. The first kappa shape index (κ1) is 12.1. The first-order chi connectivity index (χ1) is 8.22. The summed E-state index contributed by atoms with van der Waals surface area (Å²) in [6, 6.07) is 8.00. The average molecular weight is 255 g/mol. The number of nitrogens with one attached hydrogen (secondary N) is 1. The van der Waals surface area contributed by atoms with E-state index in [1.807, 2.05) is 0 Å². The van der Waals surface area contributed by atoms with Crippen molar-refractivity contribution in [2.24, 2.45) is 5.84 Å². The van der Waals surface area contributed by atoms with Gasteiger partial charge in [0, 0.05) is 5.56 Å². The van der Waals surface area contributed by atoms with Crippen LogP contribution < -0.4 is 11.3 Å². The van der Waals surface area contributed by atoms with Gasteiger partial charge in [0.2, 0.25) is 0 Å². The van der Waals surface area contributed by atoms with Crippen molar-refractivity contribution in [3.8, 4) is 0 Å². The Morgan fingerprint density at radius 1 is 1.35 bits per heavy atom. The van der Waals surface area contributed by atoms with Crippen LogP contribution in [-0.4, -0.2) is 0 Å². The molecule has 2 rings (SSSR count). The molecule has 0 fully saturated rings. The summed E-state index contributed by atoms with van der Waals surface area (Å²) >= 11 is 5.86. The monoisotopic (exact) mass is 254 g/mol. The number of hydrogen-bond acceptors (Lipinski definition) is 3. The minimum Gasteiger partial charge on any atom is -0.453 e. The minimum atomic E-state index is -0.279. The Morgan fingerprint density at radius 2 is 2.12 bits per heavy atom. The molecule has 0 amide bonds. The van der Waals surface area contributed by atoms with Crippen LogP contribution in [0.1, 0.15) is 17.2 Å². The van der Waals surface area contributed by atoms with E-state index in [1.165, 1.54) is 12.3 Å². The average Bonchev–Trinajstić information content (AvgIpc) is 2.75. The summed E-state index contributed by atoms with van der Waals surface area (Å²) in [6.07, 6.45) is 1.88. The topological polar surface area (TPSA) is 51.2 Å². The third-order valence-electron chi connectivity index (χ3n) is 2.60. The number of benzene rings is 1. The van der Waals surface area contributed by atoms with E-state index in [-0.39, 0.29) is 17.1 Å². The molecule has 17 heavy (non-hydrogen) atoms. The molecule has 0 radical (unpaired) electrons. The zero-order valence-electron chi connectivity index (χ0n) is 8.99. The fourth-order valence-corrected chi connectivity index (χ4v) is 1.94. The van der Waals surface area contributed by atoms with Gasteiger partial charge >= 0.3 is 0 Å². The Bertz CT molecular complexity index is 501. The summed E-state index contributed by atoms with van der Waals surface area (Å²) in [5.41, 5.74) is 3.91. The van der Waals surface area contributed by atoms with Gasteiger partial charge in [-0.05, 0) is 35.7 Å². The second-order valence-electron chi connectivity index (χ2n) is 3.66. The molecule has 1 heterocycles. The molecular weight excluding hydrogens is 243 g/mol. The first-order valence-corrected chi connectivity index (χ1v) is 5.52. The summed E-state index contributed by atoms with van der Waals surface area (Å²) in [6.45, 7) is 0. The molecule has 0 spiro atoms. The smallest absolute Gasteiger partial charge is 0.197 e. The maximum atomic E-state index is 13.5. The lowest BCUT2D eigenvalue weighted by Gasteiger charge is -2.15. The Kier molecular flexibility index (Phi) is 3.78. The molecular formula is C12H12ClFN2O. The largest absolute Gasteiger partial charge is 0.453 e. The summed E-state index contributed by atoms with van der Waals surface area (Å²) in [5.74, 6) is 5.20. The molecule has 0 saturated heterocycles. The number of rotatable bonds is 4. The predicted octanol–water partition coefficient (Wildman–Crippen LogP) is 2.82. The van der Waals surface area contributed by atoms with Crippen molar-refractivity contribution in [1.29, 1.82) is 0 Å². The van der Waals surface area contributed by atoms with E-state index in [2.05, 4.69) is 5.43 Å². The number of furan rings is 1. The zero-order valence-corrected chi connectivity index (χ0v) is 9.75. The molecule has 3 nitrogen and oxygen atoms in total. The van der Waals surface area contributed by atoms with Crippen molar-refractivity contribution < 1.29 is 8.81 Å². The molecule has 1 atom stereocenters. The van der Waals surface area contributed by atoms with Crippen molar-refractivity contribution in [2.75, 3.05) is 0 Å². The summed E-state index contributed by atoms with van der Waals surface area (Å²) in [7, 11) is 0. The van der Waals surface area contributed by atoms with Gasteiger partial charge in [0.15, 0.2) is 5.22 Å². The number of hydrazine groups is 1. The van der Waals surface area contributed by atoms with Gasteiger partial charge in [0.25, 0.3) is 0 Å². The van der Waals surface area contributed by atoms with Gasteiger partial charge in [0.05, 0.1) is 12.3 Å². The highest BCUT2D eigenvalue weighted by atomic mass is 35.5. The van der Waals surface area contributed by atoms with Gasteiger partial charge in [-0.25, -0.2) is 4.39 Å². The lowest BCUT2D eigenvalue weighted by molar-refractivity contribution is 0.514. The van der Waals surface area contributed by atoms with Crippen LogP contribution in [0.2, 0.25) is 5.22 Å². The summed E-state index contributed by atoms with van der Waals surface area (Å²) < 4.78 is 18.5. The normalized spacial score (nSPS) is 12.6. The Hall–Kier alpha value is -1.36. The van der Waals surface area contributed by atoms with E-state index in [0.29, 0.717) is 12.0 Å².